The molecule has 0 spiro atoms. The molecule has 1 rings (SSSR count). The van der Waals surface area contributed by atoms with Crippen LogP contribution in [0.15, 0.2) is 0 Å². The van der Waals surface area contributed by atoms with Crippen molar-refractivity contribution in [1.29, 1.82) is 0 Å². The first-order valence-corrected chi connectivity index (χ1v) is 3.07. The van der Waals surface area contributed by atoms with Crippen LogP contribution in [-0.4, -0.2) is 11.8 Å². The van der Waals surface area contributed by atoms with E-state index in [-0.39, 0.29) is 17.7 Å². The number of imide groups is 1. The van der Waals surface area contributed by atoms with E-state index in [1.54, 1.807) is 0 Å². The third-order valence-electron chi connectivity index (χ3n) is 1.56. The maximum Gasteiger partial charge on any atom is 0.230 e. The Morgan fingerprint density at radius 3 is 2.56 bits per heavy atom. The first-order chi connectivity index (χ1) is 4.24. The SMILES string of the molecule is CC[C@@H]1CC(=O)NC1=O. The van der Waals surface area contributed by atoms with Gasteiger partial charge in [-0.3, -0.25) is 14.9 Å². The van der Waals surface area contributed by atoms with Gasteiger partial charge in [0.1, 0.15) is 0 Å². The number of carbonyl (C=O) groups is 2. The number of hydrogen-bond acceptors (Lipinski definition) is 2. The highest BCUT2D eigenvalue weighted by molar-refractivity contribution is 6.03. The minimum Gasteiger partial charge on any atom is -0.296 e. The van der Waals surface area contributed by atoms with Crippen molar-refractivity contribution in [2.24, 2.45) is 5.92 Å². The van der Waals surface area contributed by atoms with Gasteiger partial charge in [-0.15, -0.1) is 0 Å². The molecule has 0 aliphatic carbocycles. The van der Waals surface area contributed by atoms with Crippen LogP contribution in [0, 0.1) is 5.92 Å². The minimum atomic E-state index is -0.133. The van der Waals surface area contributed by atoms with Gasteiger partial charge in [0.15, 0.2) is 0 Å². The Morgan fingerprint density at radius 2 is 2.33 bits per heavy atom. The number of amides is 2. The van der Waals surface area contributed by atoms with Gasteiger partial charge < -0.3 is 0 Å². The molecule has 1 N–H and O–H groups in total. The molecule has 0 aromatic heterocycles. The van der Waals surface area contributed by atoms with Crippen LogP contribution >= 0.6 is 0 Å². The molecule has 50 valence electrons. The van der Waals surface area contributed by atoms with Crippen LogP contribution < -0.4 is 5.32 Å². The van der Waals surface area contributed by atoms with Crippen molar-refractivity contribution >= 4 is 11.8 Å². The molecule has 0 aromatic carbocycles. The van der Waals surface area contributed by atoms with E-state index in [2.05, 4.69) is 5.32 Å². The summed E-state index contributed by atoms with van der Waals surface area (Å²) >= 11 is 0. The number of hydrogen-bond donors (Lipinski definition) is 1. The Labute approximate surface area is 53.4 Å². The highest BCUT2D eigenvalue weighted by atomic mass is 16.2. The zero-order valence-electron chi connectivity index (χ0n) is 5.31. The quantitative estimate of drug-likeness (QED) is 0.506. The standard InChI is InChI=1S/C6H9NO2/c1-2-4-3-5(8)7-6(4)9/h4H,2-3H2,1H3,(H,7,8,9)/t4-/m1/s1. The lowest BCUT2D eigenvalue weighted by atomic mass is 10.1. The summed E-state index contributed by atoms with van der Waals surface area (Å²) in [5.41, 5.74) is 0. The van der Waals surface area contributed by atoms with Crippen molar-refractivity contribution in [3.63, 3.8) is 0 Å². The minimum absolute atomic E-state index is 0.0579. The number of rotatable bonds is 1. The highest BCUT2D eigenvalue weighted by Crippen LogP contribution is 2.13. The van der Waals surface area contributed by atoms with E-state index in [1.165, 1.54) is 0 Å². The second kappa shape index (κ2) is 2.17. The fourth-order valence-electron chi connectivity index (χ4n) is 0.937. The van der Waals surface area contributed by atoms with Crippen LogP contribution in [0.5, 0.6) is 0 Å². The van der Waals surface area contributed by atoms with Crippen molar-refractivity contribution < 1.29 is 9.59 Å². The van der Waals surface area contributed by atoms with E-state index in [0.717, 1.165) is 6.42 Å². The van der Waals surface area contributed by atoms with Crippen molar-refractivity contribution in [3.8, 4) is 0 Å². The summed E-state index contributed by atoms with van der Waals surface area (Å²) in [6.45, 7) is 1.91. The van der Waals surface area contributed by atoms with Crippen molar-refractivity contribution in [2.75, 3.05) is 0 Å². The van der Waals surface area contributed by atoms with E-state index in [1.807, 2.05) is 6.92 Å². The zero-order chi connectivity index (χ0) is 6.85. The predicted molar refractivity (Wildman–Crippen MR) is 31.5 cm³/mol. The second-order valence-corrected chi connectivity index (χ2v) is 2.22. The summed E-state index contributed by atoms with van der Waals surface area (Å²) in [7, 11) is 0. The maximum absolute atomic E-state index is 10.7. The molecule has 2 amide bonds. The van der Waals surface area contributed by atoms with E-state index < -0.39 is 0 Å². The molecule has 1 aliphatic heterocycles. The highest BCUT2D eigenvalue weighted by Gasteiger charge is 2.28. The summed E-state index contributed by atoms with van der Waals surface area (Å²) in [6, 6.07) is 0. The topological polar surface area (TPSA) is 46.2 Å². The molecular formula is C6H9NO2. The van der Waals surface area contributed by atoms with Gasteiger partial charge in [-0.25, -0.2) is 0 Å². The van der Waals surface area contributed by atoms with Crippen LogP contribution in [0.3, 0.4) is 0 Å². The molecule has 1 aliphatic rings. The van der Waals surface area contributed by atoms with Gasteiger partial charge in [0.25, 0.3) is 0 Å². The smallest absolute Gasteiger partial charge is 0.230 e. The molecule has 0 bridgehead atoms. The van der Waals surface area contributed by atoms with Gasteiger partial charge in [0.05, 0.1) is 0 Å². The van der Waals surface area contributed by atoms with Gasteiger partial charge in [-0.2, -0.15) is 0 Å². The normalized spacial score (nSPS) is 26.6. The van der Waals surface area contributed by atoms with E-state index in [4.69, 9.17) is 0 Å². The van der Waals surface area contributed by atoms with E-state index in [0.29, 0.717) is 6.42 Å². The summed E-state index contributed by atoms with van der Waals surface area (Å²) in [4.78, 5) is 21.2. The fourth-order valence-corrected chi connectivity index (χ4v) is 0.937. The lowest BCUT2D eigenvalue weighted by molar-refractivity contribution is -0.125. The Morgan fingerprint density at radius 1 is 1.67 bits per heavy atom. The van der Waals surface area contributed by atoms with Gasteiger partial charge in [0, 0.05) is 12.3 Å². The van der Waals surface area contributed by atoms with Crippen LogP contribution in [0.25, 0.3) is 0 Å². The molecule has 0 radical (unpaired) electrons. The van der Waals surface area contributed by atoms with E-state index >= 15 is 0 Å². The first-order valence-electron chi connectivity index (χ1n) is 3.07. The monoisotopic (exact) mass is 127 g/mol. The Bertz CT molecular complexity index is 153. The molecule has 3 nitrogen and oxygen atoms in total. The Hall–Kier alpha value is -0.860. The fraction of sp³-hybridized carbons (Fsp3) is 0.667. The lowest BCUT2D eigenvalue weighted by Crippen LogP contribution is -2.21. The van der Waals surface area contributed by atoms with Crippen LogP contribution in [0.1, 0.15) is 19.8 Å². The third kappa shape index (κ3) is 1.09. The molecule has 3 heteroatoms. The summed E-state index contributed by atoms with van der Waals surface area (Å²) in [6.07, 6.45) is 1.15. The molecule has 9 heavy (non-hydrogen) atoms. The third-order valence-corrected chi connectivity index (χ3v) is 1.56. The van der Waals surface area contributed by atoms with Gasteiger partial charge in [-0.1, -0.05) is 6.92 Å². The van der Waals surface area contributed by atoms with Crippen LogP contribution in [0.2, 0.25) is 0 Å². The van der Waals surface area contributed by atoms with Crippen molar-refractivity contribution in [2.45, 2.75) is 19.8 Å². The van der Waals surface area contributed by atoms with Gasteiger partial charge in [0.2, 0.25) is 11.8 Å². The van der Waals surface area contributed by atoms with E-state index in [9.17, 15) is 9.59 Å². The average Bonchev–Trinajstić information content (AvgIpc) is 2.10. The van der Waals surface area contributed by atoms with Gasteiger partial charge >= 0.3 is 0 Å². The summed E-state index contributed by atoms with van der Waals surface area (Å²) in [5, 5.41) is 2.24. The molecule has 1 heterocycles. The molecule has 0 aromatic rings. The van der Waals surface area contributed by atoms with Gasteiger partial charge in [-0.05, 0) is 6.42 Å². The number of nitrogens with one attached hydrogen (secondary N) is 1. The summed E-state index contributed by atoms with van der Waals surface area (Å²) in [5.74, 6) is -0.299. The molecule has 0 saturated carbocycles. The predicted octanol–water partition coefficient (Wildman–Crippen LogP) is 0.0591. The lowest BCUT2D eigenvalue weighted by Gasteiger charge is -1.96. The number of carbonyl (C=O) groups excluding carboxylic acids is 2. The molecular weight excluding hydrogens is 118 g/mol. The average molecular weight is 127 g/mol. The zero-order valence-corrected chi connectivity index (χ0v) is 5.31. The first kappa shape index (κ1) is 6.26. The Kier molecular flexibility index (Phi) is 1.51. The molecule has 1 saturated heterocycles. The second-order valence-electron chi connectivity index (χ2n) is 2.22. The Balaban J connectivity index is 2.58. The van der Waals surface area contributed by atoms with Crippen molar-refractivity contribution in [1.82, 2.24) is 5.32 Å². The maximum atomic E-state index is 10.7. The molecule has 0 unspecified atom stereocenters. The van der Waals surface area contributed by atoms with Crippen LogP contribution in [-0.2, 0) is 9.59 Å². The summed E-state index contributed by atoms with van der Waals surface area (Å²) < 4.78 is 0. The van der Waals surface area contributed by atoms with Crippen LogP contribution in [0.4, 0.5) is 0 Å². The van der Waals surface area contributed by atoms with Crippen molar-refractivity contribution in [3.05, 3.63) is 0 Å². The molecule has 1 atom stereocenters. The largest absolute Gasteiger partial charge is 0.296 e. The molecule has 1 fully saturated rings.